The molecule has 0 amide bonds. The average Bonchev–Trinajstić information content (AvgIpc) is 2.90. The van der Waals surface area contributed by atoms with Gasteiger partial charge in [0.05, 0.1) is 13.2 Å². The molecule has 1 aromatic rings. The minimum Gasteiger partial charge on any atom is -0.493 e. The van der Waals surface area contributed by atoms with Crippen LogP contribution >= 0.6 is 0 Å². The van der Waals surface area contributed by atoms with E-state index in [2.05, 4.69) is 5.32 Å². The Morgan fingerprint density at radius 3 is 2.94 bits per heavy atom. The standard InChI is InChI=1S/C14H21NO3/c1-15-9-11-5-6-13(16-2)14(8-11)18-10-12-4-3-7-17-12/h5-6,8,12,15H,3-4,7,9-10H2,1-2H3. The topological polar surface area (TPSA) is 39.7 Å². The fourth-order valence-corrected chi connectivity index (χ4v) is 2.11. The SMILES string of the molecule is CNCc1ccc(OC)c(OCC2CCCO2)c1. The molecule has 0 saturated carbocycles. The van der Waals surface area contributed by atoms with Gasteiger partial charge in [0.25, 0.3) is 0 Å². The number of methoxy groups -OCH3 is 1. The van der Waals surface area contributed by atoms with Gasteiger partial charge in [-0.2, -0.15) is 0 Å². The van der Waals surface area contributed by atoms with E-state index in [0.717, 1.165) is 37.5 Å². The maximum atomic E-state index is 5.82. The first kappa shape index (κ1) is 13.2. The van der Waals surface area contributed by atoms with Crippen LogP contribution < -0.4 is 14.8 Å². The predicted octanol–water partition coefficient (Wildman–Crippen LogP) is 1.97. The Balaban J connectivity index is 2.00. The number of rotatable bonds is 6. The Morgan fingerprint density at radius 2 is 2.28 bits per heavy atom. The highest BCUT2D eigenvalue weighted by Crippen LogP contribution is 2.28. The lowest BCUT2D eigenvalue weighted by atomic mass is 10.2. The quantitative estimate of drug-likeness (QED) is 0.839. The lowest BCUT2D eigenvalue weighted by Crippen LogP contribution is -2.16. The van der Waals surface area contributed by atoms with E-state index in [9.17, 15) is 0 Å². The molecule has 0 spiro atoms. The van der Waals surface area contributed by atoms with E-state index in [1.165, 1.54) is 5.56 Å². The summed E-state index contributed by atoms with van der Waals surface area (Å²) in [6, 6.07) is 6.00. The van der Waals surface area contributed by atoms with Gasteiger partial charge >= 0.3 is 0 Å². The molecule has 100 valence electrons. The Hall–Kier alpha value is -1.26. The van der Waals surface area contributed by atoms with Crippen LogP contribution in [0.3, 0.4) is 0 Å². The first-order chi connectivity index (χ1) is 8.83. The zero-order valence-electron chi connectivity index (χ0n) is 11.1. The van der Waals surface area contributed by atoms with Crippen LogP contribution in [-0.2, 0) is 11.3 Å². The molecule has 18 heavy (non-hydrogen) atoms. The highest BCUT2D eigenvalue weighted by atomic mass is 16.5. The monoisotopic (exact) mass is 251 g/mol. The first-order valence-corrected chi connectivity index (χ1v) is 6.39. The van der Waals surface area contributed by atoms with Crippen molar-refractivity contribution < 1.29 is 14.2 Å². The fourth-order valence-electron chi connectivity index (χ4n) is 2.11. The van der Waals surface area contributed by atoms with Gasteiger partial charge in [0.15, 0.2) is 11.5 Å². The van der Waals surface area contributed by atoms with Crippen molar-refractivity contribution in [1.82, 2.24) is 5.32 Å². The van der Waals surface area contributed by atoms with Crippen molar-refractivity contribution in [3.63, 3.8) is 0 Å². The predicted molar refractivity (Wildman–Crippen MR) is 70.2 cm³/mol. The van der Waals surface area contributed by atoms with Crippen LogP contribution in [0.1, 0.15) is 18.4 Å². The van der Waals surface area contributed by atoms with E-state index in [4.69, 9.17) is 14.2 Å². The summed E-state index contributed by atoms with van der Waals surface area (Å²) in [6.07, 6.45) is 2.44. The molecule has 1 heterocycles. The average molecular weight is 251 g/mol. The third-order valence-electron chi connectivity index (χ3n) is 3.06. The Kier molecular flexibility index (Phi) is 4.84. The molecule has 1 N–H and O–H groups in total. The summed E-state index contributed by atoms with van der Waals surface area (Å²) in [7, 11) is 3.59. The van der Waals surface area contributed by atoms with Gasteiger partial charge in [-0.1, -0.05) is 6.07 Å². The highest BCUT2D eigenvalue weighted by Gasteiger charge is 2.17. The minimum atomic E-state index is 0.225. The van der Waals surface area contributed by atoms with E-state index in [-0.39, 0.29) is 6.10 Å². The summed E-state index contributed by atoms with van der Waals surface area (Å²) in [5.74, 6) is 1.56. The van der Waals surface area contributed by atoms with Crippen molar-refractivity contribution in [2.45, 2.75) is 25.5 Å². The van der Waals surface area contributed by atoms with E-state index in [1.807, 2.05) is 25.2 Å². The molecule has 4 heteroatoms. The molecule has 1 aliphatic rings. The van der Waals surface area contributed by atoms with Gasteiger partial charge in [-0.3, -0.25) is 0 Å². The third kappa shape index (κ3) is 3.37. The first-order valence-electron chi connectivity index (χ1n) is 6.39. The number of ether oxygens (including phenoxy) is 3. The van der Waals surface area contributed by atoms with E-state index in [0.29, 0.717) is 6.61 Å². The molecule has 4 nitrogen and oxygen atoms in total. The number of hydrogen-bond acceptors (Lipinski definition) is 4. The van der Waals surface area contributed by atoms with Crippen LogP contribution in [-0.4, -0.2) is 33.5 Å². The Bertz CT molecular complexity index is 375. The molecule has 0 bridgehead atoms. The molecular weight excluding hydrogens is 230 g/mol. The molecule has 1 aliphatic heterocycles. The summed E-state index contributed by atoms with van der Waals surface area (Å²) in [4.78, 5) is 0. The van der Waals surface area contributed by atoms with E-state index >= 15 is 0 Å². The lowest BCUT2D eigenvalue weighted by Gasteiger charge is -2.15. The van der Waals surface area contributed by atoms with Crippen molar-refractivity contribution >= 4 is 0 Å². The van der Waals surface area contributed by atoms with Crippen LogP contribution in [0.5, 0.6) is 11.5 Å². The van der Waals surface area contributed by atoms with Crippen LogP contribution in [0.2, 0.25) is 0 Å². The van der Waals surface area contributed by atoms with Crippen molar-refractivity contribution in [3.8, 4) is 11.5 Å². The molecule has 1 atom stereocenters. The van der Waals surface area contributed by atoms with Gasteiger partial charge in [-0.15, -0.1) is 0 Å². The summed E-state index contributed by atoms with van der Waals surface area (Å²) in [6.45, 7) is 2.27. The molecule has 1 fully saturated rings. The van der Waals surface area contributed by atoms with Crippen LogP contribution in [0.25, 0.3) is 0 Å². The normalized spacial score (nSPS) is 18.9. The van der Waals surface area contributed by atoms with Gasteiger partial charge in [-0.25, -0.2) is 0 Å². The van der Waals surface area contributed by atoms with Gasteiger partial charge in [0.2, 0.25) is 0 Å². The van der Waals surface area contributed by atoms with Crippen LogP contribution in [0.4, 0.5) is 0 Å². The maximum Gasteiger partial charge on any atom is 0.161 e. The van der Waals surface area contributed by atoms with Crippen molar-refractivity contribution in [3.05, 3.63) is 23.8 Å². The molecule has 0 aromatic heterocycles. The number of nitrogens with one attached hydrogen (secondary N) is 1. The molecule has 0 radical (unpaired) electrons. The molecule has 0 aliphatic carbocycles. The number of hydrogen-bond donors (Lipinski definition) is 1. The third-order valence-corrected chi connectivity index (χ3v) is 3.06. The zero-order valence-corrected chi connectivity index (χ0v) is 11.1. The lowest BCUT2D eigenvalue weighted by molar-refractivity contribution is 0.0669. The molecule has 1 saturated heterocycles. The zero-order chi connectivity index (χ0) is 12.8. The Morgan fingerprint density at radius 1 is 1.39 bits per heavy atom. The summed E-state index contributed by atoms with van der Waals surface area (Å²) < 4.78 is 16.7. The van der Waals surface area contributed by atoms with Crippen molar-refractivity contribution in [1.29, 1.82) is 0 Å². The maximum absolute atomic E-state index is 5.82. The molecular formula is C14H21NO3. The van der Waals surface area contributed by atoms with Crippen LogP contribution in [0.15, 0.2) is 18.2 Å². The van der Waals surface area contributed by atoms with E-state index in [1.54, 1.807) is 7.11 Å². The minimum absolute atomic E-state index is 0.225. The fraction of sp³-hybridized carbons (Fsp3) is 0.571. The highest BCUT2D eigenvalue weighted by molar-refractivity contribution is 5.42. The van der Waals surface area contributed by atoms with Gasteiger partial charge in [0, 0.05) is 13.2 Å². The van der Waals surface area contributed by atoms with Crippen molar-refractivity contribution in [2.75, 3.05) is 27.4 Å². The summed E-state index contributed by atoms with van der Waals surface area (Å²) in [5.41, 5.74) is 1.18. The molecule has 1 aromatic carbocycles. The second-order valence-electron chi connectivity index (χ2n) is 4.46. The Labute approximate surface area is 108 Å². The van der Waals surface area contributed by atoms with Crippen molar-refractivity contribution in [2.24, 2.45) is 0 Å². The van der Waals surface area contributed by atoms with Gasteiger partial charge in [-0.05, 0) is 37.6 Å². The largest absolute Gasteiger partial charge is 0.493 e. The van der Waals surface area contributed by atoms with E-state index < -0.39 is 0 Å². The van der Waals surface area contributed by atoms with Crippen LogP contribution in [0, 0.1) is 0 Å². The smallest absolute Gasteiger partial charge is 0.161 e. The summed E-state index contributed by atoms with van der Waals surface area (Å²) >= 11 is 0. The number of benzene rings is 1. The molecule has 2 rings (SSSR count). The van der Waals surface area contributed by atoms with Gasteiger partial charge < -0.3 is 19.5 Å². The second-order valence-corrected chi connectivity index (χ2v) is 4.46. The summed E-state index contributed by atoms with van der Waals surface area (Å²) in [5, 5.41) is 3.12. The second kappa shape index (κ2) is 6.61. The van der Waals surface area contributed by atoms with Gasteiger partial charge in [0.1, 0.15) is 6.61 Å². The molecule has 1 unspecified atom stereocenters.